The van der Waals surface area contributed by atoms with Gasteiger partial charge < -0.3 is 15.0 Å². The molecule has 2 aliphatic rings. The van der Waals surface area contributed by atoms with Gasteiger partial charge in [0, 0.05) is 25.8 Å². The van der Waals surface area contributed by atoms with Gasteiger partial charge in [-0.1, -0.05) is 5.92 Å². The van der Waals surface area contributed by atoms with Gasteiger partial charge in [-0.15, -0.1) is 6.42 Å². The molecule has 0 bridgehead atoms. The molecule has 6 heteroatoms. The third kappa shape index (κ3) is 2.91. The number of terminal acetylenes is 1. The van der Waals surface area contributed by atoms with Gasteiger partial charge in [0.2, 0.25) is 0 Å². The summed E-state index contributed by atoms with van der Waals surface area (Å²) in [5.74, 6) is 3.05. The van der Waals surface area contributed by atoms with Gasteiger partial charge in [-0.2, -0.15) is 0 Å². The van der Waals surface area contributed by atoms with E-state index in [0.717, 1.165) is 32.1 Å². The zero-order valence-corrected chi connectivity index (χ0v) is 12.7. The number of carbonyl (C=O) groups excluding carboxylic acids is 1. The van der Waals surface area contributed by atoms with Crippen LogP contribution in [0.4, 0.5) is 5.82 Å². The van der Waals surface area contributed by atoms with Gasteiger partial charge in [0.05, 0.1) is 30.9 Å². The van der Waals surface area contributed by atoms with Crippen LogP contribution in [0.25, 0.3) is 0 Å². The smallest absolute Gasteiger partial charge is 0.253 e. The van der Waals surface area contributed by atoms with Crippen molar-refractivity contribution in [1.29, 1.82) is 0 Å². The number of pyridine rings is 1. The number of rotatable bonds is 3. The lowest BCUT2D eigenvalue weighted by Crippen LogP contribution is -2.48. The number of fused-ring (bicyclic) bond motifs is 1. The zero-order chi connectivity index (χ0) is 15.5. The number of nitrogens with zero attached hydrogens (tertiary/aromatic N) is 3. The third-order valence-electron chi connectivity index (χ3n) is 4.26. The van der Waals surface area contributed by atoms with Crippen molar-refractivity contribution >= 4 is 11.7 Å². The number of nitrogens with one attached hydrogen (secondary N) is 1. The van der Waals surface area contributed by atoms with Crippen LogP contribution in [0.1, 0.15) is 10.4 Å². The second kappa shape index (κ2) is 6.34. The minimum Gasteiger partial charge on any atom is -0.373 e. The van der Waals surface area contributed by atoms with Gasteiger partial charge in [0.1, 0.15) is 5.82 Å². The van der Waals surface area contributed by atoms with Crippen molar-refractivity contribution in [3.05, 3.63) is 23.9 Å². The number of morpholine rings is 1. The fourth-order valence-corrected chi connectivity index (χ4v) is 2.99. The van der Waals surface area contributed by atoms with Gasteiger partial charge in [-0.25, -0.2) is 4.98 Å². The molecule has 2 fully saturated rings. The largest absolute Gasteiger partial charge is 0.373 e. The summed E-state index contributed by atoms with van der Waals surface area (Å²) in [5.41, 5.74) is 0.518. The second-order valence-corrected chi connectivity index (χ2v) is 5.65. The standard InChI is InChI=1S/C16H20N4O2/c1-3-6-17-16(21)12-4-5-15(18-9-12)20-10-13-14(11-20)22-8-7-19(13)2/h1,4-5,9,13-14H,6-8,10-11H2,2H3,(H,17,21). The number of hydrogen-bond acceptors (Lipinski definition) is 5. The van der Waals surface area contributed by atoms with Crippen LogP contribution in [0.5, 0.6) is 0 Å². The molecule has 1 aromatic heterocycles. The Balaban J connectivity index is 1.66. The SMILES string of the molecule is C#CCNC(=O)c1ccc(N2CC3OCCN(C)C3C2)nc1. The summed E-state index contributed by atoms with van der Waals surface area (Å²) in [4.78, 5) is 20.8. The van der Waals surface area contributed by atoms with Crippen molar-refractivity contribution in [3.63, 3.8) is 0 Å². The molecule has 1 amide bonds. The number of amides is 1. The van der Waals surface area contributed by atoms with E-state index in [-0.39, 0.29) is 18.6 Å². The maximum absolute atomic E-state index is 11.8. The molecule has 6 nitrogen and oxygen atoms in total. The number of ether oxygens (including phenoxy) is 1. The summed E-state index contributed by atoms with van der Waals surface area (Å²) in [6.45, 7) is 3.71. The van der Waals surface area contributed by atoms with Crippen LogP contribution in [-0.4, -0.2) is 67.8 Å². The van der Waals surface area contributed by atoms with E-state index >= 15 is 0 Å². The lowest BCUT2D eigenvalue weighted by Gasteiger charge is -2.33. The number of anilines is 1. The normalized spacial score (nSPS) is 24.6. The quantitative estimate of drug-likeness (QED) is 0.794. The summed E-state index contributed by atoms with van der Waals surface area (Å²) in [7, 11) is 2.13. The van der Waals surface area contributed by atoms with E-state index in [4.69, 9.17) is 11.2 Å². The molecule has 22 heavy (non-hydrogen) atoms. The summed E-state index contributed by atoms with van der Waals surface area (Å²) in [6.07, 6.45) is 6.95. The fourth-order valence-electron chi connectivity index (χ4n) is 2.99. The van der Waals surface area contributed by atoms with Crippen molar-refractivity contribution in [3.8, 4) is 12.3 Å². The number of hydrogen-bond donors (Lipinski definition) is 1. The average Bonchev–Trinajstić information content (AvgIpc) is 2.98. The lowest BCUT2D eigenvalue weighted by atomic mass is 10.1. The van der Waals surface area contributed by atoms with Gasteiger partial charge >= 0.3 is 0 Å². The Labute approximate surface area is 130 Å². The topological polar surface area (TPSA) is 57.7 Å². The van der Waals surface area contributed by atoms with Crippen molar-refractivity contribution in [2.75, 3.05) is 44.7 Å². The van der Waals surface area contributed by atoms with E-state index in [0.29, 0.717) is 11.6 Å². The monoisotopic (exact) mass is 300 g/mol. The van der Waals surface area contributed by atoms with E-state index in [9.17, 15) is 4.79 Å². The first-order valence-electron chi connectivity index (χ1n) is 7.43. The molecule has 116 valence electrons. The Morgan fingerprint density at radius 1 is 1.55 bits per heavy atom. The van der Waals surface area contributed by atoms with E-state index in [1.165, 1.54) is 0 Å². The first-order valence-corrected chi connectivity index (χ1v) is 7.43. The molecular formula is C16H20N4O2. The lowest BCUT2D eigenvalue weighted by molar-refractivity contribution is -0.0362. The van der Waals surface area contributed by atoms with Crippen molar-refractivity contribution in [2.24, 2.45) is 0 Å². The van der Waals surface area contributed by atoms with E-state index in [1.54, 1.807) is 12.3 Å². The summed E-state index contributed by atoms with van der Waals surface area (Å²) < 4.78 is 5.84. The summed E-state index contributed by atoms with van der Waals surface area (Å²) in [5, 5.41) is 2.63. The molecule has 0 aliphatic carbocycles. The molecule has 0 aromatic carbocycles. The van der Waals surface area contributed by atoms with Crippen LogP contribution >= 0.6 is 0 Å². The van der Waals surface area contributed by atoms with E-state index in [1.807, 2.05) is 6.07 Å². The van der Waals surface area contributed by atoms with Crippen LogP contribution in [0.15, 0.2) is 18.3 Å². The zero-order valence-electron chi connectivity index (χ0n) is 12.7. The Morgan fingerprint density at radius 3 is 3.09 bits per heavy atom. The van der Waals surface area contributed by atoms with Gasteiger partial charge in [-0.05, 0) is 19.2 Å². The van der Waals surface area contributed by atoms with Crippen molar-refractivity contribution in [1.82, 2.24) is 15.2 Å². The molecular weight excluding hydrogens is 280 g/mol. The Morgan fingerprint density at radius 2 is 2.41 bits per heavy atom. The molecule has 2 saturated heterocycles. The molecule has 0 radical (unpaired) electrons. The molecule has 1 aromatic rings. The van der Waals surface area contributed by atoms with Crippen molar-refractivity contribution < 1.29 is 9.53 Å². The Kier molecular flexibility index (Phi) is 4.27. The third-order valence-corrected chi connectivity index (χ3v) is 4.26. The minimum absolute atomic E-state index is 0.199. The van der Waals surface area contributed by atoms with E-state index < -0.39 is 0 Å². The predicted octanol–water partition coefficient (Wildman–Crippen LogP) is -0.0362. The molecule has 3 rings (SSSR count). The number of likely N-dealkylation sites (N-methyl/N-ethyl adjacent to an activating group) is 1. The van der Waals surface area contributed by atoms with Crippen LogP contribution in [-0.2, 0) is 4.74 Å². The van der Waals surface area contributed by atoms with Gasteiger partial charge in [0.15, 0.2) is 0 Å². The van der Waals surface area contributed by atoms with Crippen molar-refractivity contribution in [2.45, 2.75) is 12.1 Å². The van der Waals surface area contributed by atoms with Gasteiger partial charge in [0.25, 0.3) is 5.91 Å². The first kappa shape index (κ1) is 14.8. The van der Waals surface area contributed by atoms with Crippen LogP contribution in [0.3, 0.4) is 0 Å². The second-order valence-electron chi connectivity index (χ2n) is 5.65. The van der Waals surface area contributed by atoms with Gasteiger partial charge in [-0.3, -0.25) is 9.69 Å². The van der Waals surface area contributed by atoms with E-state index in [2.05, 4.69) is 33.1 Å². The highest BCUT2D eigenvalue weighted by Gasteiger charge is 2.38. The average molecular weight is 300 g/mol. The molecule has 2 unspecified atom stereocenters. The summed E-state index contributed by atoms with van der Waals surface area (Å²) in [6, 6.07) is 4.07. The highest BCUT2D eigenvalue weighted by atomic mass is 16.5. The maximum Gasteiger partial charge on any atom is 0.253 e. The molecule has 1 N–H and O–H groups in total. The van der Waals surface area contributed by atoms with Crippen LogP contribution in [0, 0.1) is 12.3 Å². The minimum atomic E-state index is -0.199. The predicted molar refractivity (Wildman–Crippen MR) is 83.8 cm³/mol. The number of aromatic nitrogens is 1. The molecule has 0 saturated carbocycles. The Hall–Kier alpha value is -2.10. The first-order chi connectivity index (χ1) is 10.7. The number of carbonyl (C=O) groups is 1. The molecule has 2 aliphatic heterocycles. The Bertz CT molecular complexity index is 581. The van der Waals surface area contributed by atoms with Crippen LogP contribution < -0.4 is 10.2 Å². The fraction of sp³-hybridized carbons (Fsp3) is 0.500. The maximum atomic E-state index is 11.8. The molecule has 0 spiro atoms. The highest BCUT2D eigenvalue weighted by molar-refractivity contribution is 5.94. The van der Waals surface area contributed by atoms with Crippen LogP contribution in [0.2, 0.25) is 0 Å². The summed E-state index contributed by atoms with van der Waals surface area (Å²) >= 11 is 0. The highest BCUT2D eigenvalue weighted by Crippen LogP contribution is 2.25. The molecule has 2 atom stereocenters. The molecule has 3 heterocycles.